The van der Waals surface area contributed by atoms with Crippen LogP contribution in [-0.2, 0) is 27.1 Å². The first-order valence-electron chi connectivity index (χ1n) is 10.6. The molecule has 0 unspecified atom stereocenters. The van der Waals surface area contributed by atoms with Crippen LogP contribution in [0, 0.1) is 0 Å². The van der Waals surface area contributed by atoms with Gasteiger partial charge in [-0.05, 0) is 17.5 Å². The molecular weight excluding hydrogens is 417 g/mol. The zero-order chi connectivity index (χ0) is 22.8. The molecule has 0 saturated heterocycles. The monoisotopic (exact) mass is 453 g/mol. The predicted molar refractivity (Wildman–Crippen MR) is 123 cm³/mol. The molecule has 31 heavy (non-hydrogen) atoms. The van der Waals surface area contributed by atoms with Crippen LogP contribution in [0.4, 0.5) is 0 Å². The Morgan fingerprint density at radius 3 is 1.68 bits per heavy atom. The highest BCUT2D eigenvalue weighted by atomic mass is 31.2. The number of aliphatic hydroxyl groups is 1. The van der Waals surface area contributed by atoms with Gasteiger partial charge >= 0.3 is 7.60 Å². The number of benzene rings is 2. The lowest BCUT2D eigenvalue weighted by Crippen LogP contribution is -2.27. The Morgan fingerprint density at radius 2 is 1.29 bits per heavy atom. The van der Waals surface area contributed by atoms with Gasteiger partial charge in [0.05, 0.1) is 33.0 Å². The van der Waals surface area contributed by atoms with Gasteiger partial charge < -0.3 is 24.4 Å². The van der Waals surface area contributed by atoms with Crippen LogP contribution in [0.5, 0.6) is 0 Å². The van der Waals surface area contributed by atoms with Crippen LogP contribution in [0.25, 0.3) is 0 Å². The van der Waals surface area contributed by atoms with Gasteiger partial charge in [-0.15, -0.1) is 0 Å². The summed E-state index contributed by atoms with van der Waals surface area (Å²) < 4.78 is 20.8. The van der Waals surface area contributed by atoms with E-state index in [0.29, 0.717) is 32.8 Å². The summed E-state index contributed by atoms with van der Waals surface area (Å²) in [4.78, 5) is 18.6. The van der Waals surface area contributed by atoms with Crippen molar-refractivity contribution < 1.29 is 28.9 Å². The van der Waals surface area contributed by atoms with Crippen molar-refractivity contribution in [2.75, 3.05) is 45.7 Å². The molecule has 7 nitrogen and oxygen atoms in total. The summed E-state index contributed by atoms with van der Waals surface area (Å²) in [7, 11) is -3.67. The Bertz CT molecular complexity index is 669. The van der Waals surface area contributed by atoms with Crippen molar-refractivity contribution in [1.82, 2.24) is 4.90 Å². The summed E-state index contributed by atoms with van der Waals surface area (Å²) >= 11 is 0. The van der Waals surface area contributed by atoms with Crippen LogP contribution >= 0.6 is 7.60 Å². The molecule has 0 radical (unpaired) electrons. The summed E-state index contributed by atoms with van der Waals surface area (Å²) in [6.45, 7) is 6.59. The second-order valence-electron chi connectivity index (χ2n) is 7.02. The summed E-state index contributed by atoms with van der Waals surface area (Å²) in [5, 5.41) is 8.65. The van der Waals surface area contributed by atoms with Gasteiger partial charge in [-0.25, -0.2) is 0 Å². The molecule has 0 aliphatic rings. The van der Waals surface area contributed by atoms with Gasteiger partial charge in [-0.1, -0.05) is 67.6 Å². The maximum Gasteiger partial charge on any atom is 0.325 e. The molecule has 2 aromatic rings. The van der Waals surface area contributed by atoms with E-state index >= 15 is 0 Å². The summed E-state index contributed by atoms with van der Waals surface area (Å²) in [5.74, 6) is 0. The molecule has 0 atom stereocenters. The predicted octanol–water partition coefficient (Wildman–Crippen LogP) is 3.29. The number of aliphatic hydroxyl groups excluding tert-OH is 1. The fraction of sp³-hybridized carbons (Fsp3) is 0.478. The zero-order valence-electron chi connectivity index (χ0n) is 18.3. The van der Waals surface area contributed by atoms with Gasteiger partial charge in [-0.3, -0.25) is 9.46 Å². The SMILES string of the molecule is CCCP(=O)(O)O.OCCOCCOCCN(Cc1ccccc1)Cc1ccccc1. The van der Waals surface area contributed by atoms with Gasteiger partial charge in [0.1, 0.15) is 0 Å². The molecule has 8 heteroatoms. The molecule has 0 heterocycles. The Hall–Kier alpha value is -1.57. The largest absolute Gasteiger partial charge is 0.394 e. The van der Waals surface area contributed by atoms with Crippen molar-refractivity contribution in [3.8, 4) is 0 Å². The molecular formula is C23H36NO6P. The smallest absolute Gasteiger partial charge is 0.325 e. The topological polar surface area (TPSA) is 99.5 Å². The lowest BCUT2D eigenvalue weighted by atomic mass is 10.1. The van der Waals surface area contributed by atoms with E-state index in [2.05, 4.69) is 53.4 Å². The van der Waals surface area contributed by atoms with Crippen LogP contribution in [0.1, 0.15) is 24.5 Å². The molecule has 0 amide bonds. The number of nitrogens with zero attached hydrogens (tertiary/aromatic N) is 1. The van der Waals surface area contributed by atoms with E-state index in [9.17, 15) is 4.57 Å². The third-order valence-corrected chi connectivity index (χ3v) is 5.20. The third-order valence-electron chi connectivity index (χ3n) is 4.17. The number of hydrogen-bond acceptors (Lipinski definition) is 5. The Labute approximate surface area is 185 Å². The van der Waals surface area contributed by atoms with Gasteiger partial charge in [0.25, 0.3) is 0 Å². The standard InChI is InChI=1S/C20H27NO3.C3H9O3P/c22-12-14-24-16-15-23-13-11-21(17-19-7-3-1-4-8-19)18-20-9-5-2-6-10-20;1-2-3-7(4,5)6/h1-10,22H,11-18H2;2-3H2,1H3,(H2,4,5,6). The molecule has 3 N–H and O–H groups in total. The van der Waals surface area contributed by atoms with Crippen molar-refractivity contribution in [3.63, 3.8) is 0 Å². The van der Waals surface area contributed by atoms with Crippen LogP contribution in [0.15, 0.2) is 60.7 Å². The third kappa shape index (κ3) is 15.8. The van der Waals surface area contributed by atoms with Crippen LogP contribution in [0.3, 0.4) is 0 Å². The first-order chi connectivity index (χ1) is 14.9. The minimum atomic E-state index is -3.67. The molecule has 0 saturated carbocycles. The maximum atomic E-state index is 9.93. The average Bonchev–Trinajstić information content (AvgIpc) is 2.74. The lowest BCUT2D eigenvalue weighted by Gasteiger charge is -2.22. The quantitative estimate of drug-likeness (QED) is 0.298. The summed E-state index contributed by atoms with van der Waals surface area (Å²) in [6, 6.07) is 21.0. The molecule has 2 aromatic carbocycles. The average molecular weight is 454 g/mol. The molecule has 0 aliphatic carbocycles. The van der Waals surface area contributed by atoms with Crippen molar-refractivity contribution in [2.24, 2.45) is 0 Å². The van der Waals surface area contributed by atoms with Crippen molar-refractivity contribution in [3.05, 3.63) is 71.8 Å². The minimum Gasteiger partial charge on any atom is -0.394 e. The number of rotatable bonds is 14. The van der Waals surface area contributed by atoms with E-state index in [4.69, 9.17) is 24.4 Å². The number of ether oxygens (including phenoxy) is 2. The Balaban J connectivity index is 0.000000592. The van der Waals surface area contributed by atoms with Crippen molar-refractivity contribution in [2.45, 2.75) is 26.4 Å². The van der Waals surface area contributed by atoms with E-state index in [0.717, 1.165) is 19.6 Å². The molecule has 174 valence electrons. The van der Waals surface area contributed by atoms with Gasteiger partial charge in [-0.2, -0.15) is 0 Å². The van der Waals surface area contributed by atoms with Crippen LogP contribution in [-0.4, -0.2) is 65.5 Å². The van der Waals surface area contributed by atoms with Crippen molar-refractivity contribution >= 4 is 7.60 Å². The molecule has 0 aliphatic heterocycles. The van der Waals surface area contributed by atoms with Crippen LogP contribution in [0.2, 0.25) is 0 Å². The Morgan fingerprint density at radius 1 is 0.806 bits per heavy atom. The van der Waals surface area contributed by atoms with Gasteiger partial charge in [0, 0.05) is 25.8 Å². The first kappa shape index (κ1) is 27.5. The zero-order valence-corrected chi connectivity index (χ0v) is 19.2. The maximum absolute atomic E-state index is 9.93. The second kappa shape index (κ2) is 17.0. The summed E-state index contributed by atoms with van der Waals surface area (Å²) in [5.41, 5.74) is 2.61. The fourth-order valence-electron chi connectivity index (χ4n) is 2.77. The fourth-order valence-corrected chi connectivity index (χ4v) is 3.35. The van der Waals surface area contributed by atoms with E-state index in [1.807, 2.05) is 12.1 Å². The van der Waals surface area contributed by atoms with E-state index in [1.165, 1.54) is 11.1 Å². The molecule has 2 rings (SSSR count). The molecule has 0 aromatic heterocycles. The minimum absolute atomic E-state index is 0.00694. The molecule has 0 bridgehead atoms. The Kier molecular flexibility index (Phi) is 15.1. The summed E-state index contributed by atoms with van der Waals surface area (Å²) in [6.07, 6.45) is 0.553. The lowest BCUT2D eigenvalue weighted by molar-refractivity contribution is 0.0252. The van der Waals surface area contributed by atoms with E-state index in [1.54, 1.807) is 6.92 Å². The van der Waals surface area contributed by atoms with Crippen LogP contribution < -0.4 is 0 Å². The van der Waals surface area contributed by atoms with Crippen molar-refractivity contribution in [1.29, 1.82) is 0 Å². The normalized spacial score (nSPS) is 11.3. The van der Waals surface area contributed by atoms with E-state index < -0.39 is 7.60 Å². The van der Waals surface area contributed by atoms with E-state index in [-0.39, 0.29) is 12.8 Å². The molecule has 0 fully saturated rings. The number of hydrogen-bond donors (Lipinski definition) is 3. The first-order valence-corrected chi connectivity index (χ1v) is 12.4. The molecule has 0 spiro atoms. The van der Waals surface area contributed by atoms with Gasteiger partial charge in [0.2, 0.25) is 0 Å². The highest BCUT2D eigenvalue weighted by Gasteiger charge is 2.08. The highest BCUT2D eigenvalue weighted by Crippen LogP contribution is 2.34. The van der Waals surface area contributed by atoms with Gasteiger partial charge in [0.15, 0.2) is 0 Å². The highest BCUT2D eigenvalue weighted by molar-refractivity contribution is 7.51. The second-order valence-corrected chi connectivity index (χ2v) is 8.80.